The normalized spacial score (nSPS) is 25.4. The number of hydrogen-bond acceptors (Lipinski definition) is 5. The molecule has 108 valence electrons. The van der Waals surface area contributed by atoms with E-state index >= 15 is 0 Å². The molecular formula is C13H16N2O5. The fraction of sp³-hybridized carbons (Fsp3) is 0.538. The number of hydrogen-bond donors (Lipinski definition) is 0. The zero-order chi connectivity index (χ0) is 14.3. The van der Waals surface area contributed by atoms with Gasteiger partial charge in [0.1, 0.15) is 0 Å². The van der Waals surface area contributed by atoms with Gasteiger partial charge in [0, 0.05) is 26.1 Å². The number of likely N-dealkylation sites (N-methyl/N-ethyl adjacent to an activating group) is 1. The number of rotatable bonds is 2. The predicted molar refractivity (Wildman–Crippen MR) is 67.6 cm³/mol. The molecule has 3 heterocycles. The Hall–Kier alpha value is -2.18. The number of carbonyl (C=O) groups is 2. The third-order valence-electron chi connectivity index (χ3n) is 3.74. The maximum Gasteiger partial charge on any atom is 0.410 e. The molecule has 1 atom stereocenters. The van der Waals surface area contributed by atoms with E-state index in [0.29, 0.717) is 32.0 Å². The summed E-state index contributed by atoms with van der Waals surface area (Å²) in [7, 11) is 3.17. The lowest BCUT2D eigenvalue weighted by Gasteiger charge is -2.21. The van der Waals surface area contributed by atoms with Gasteiger partial charge in [-0.1, -0.05) is 0 Å². The van der Waals surface area contributed by atoms with Crippen LogP contribution in [-0.2, 0) is 4.74 Å². The highest BCUT2D eigenvalue weighted by atomic mass is 16.6. The third-order valence-corrected chi connectivity index (χ3v) is 3.74. The minimum absolute atomic E-state index is 0.212. The first kappa shape index (κ1) is 12.8. The van der Waals surface area contributed by atoms with Crippen LogP contribution in [0.15, 0.2) is 16.5 Å². The first-order chi connectivity index (χ1) is 9.53. The van der Waals surface area contributed by atoms with Crippen LogP contribution in [0.5, 0.6) is 5.95 Å². The van der Waals surface area contributed by atoms with Crippen LogP contribution in [0.25, 0.3) is 0 Å². The molecule has 2 amide bonds. The Morgan fingerprint density at radius 3 is 2.80 bits per heavy atom. The Bertz CT molecular complexity index is 555. The molecule has 3 rings (SSSR count). The lowest BCUT2D eigenvalue weighted by molar-refractivity contribution is 0.0537. The van der Waals surface area contributed by atoms with Gasteiger partial charge in [0.15, 0.2) is 11.4 Å². The van der Waals surface area contributed by atoms with Gasteiger partial charge in [0.2, 0.25) is 0 Å². The standard InChI is InChI=1S/C13H16N2O5/c1-14-7-13(20-12(14)17)5-6-15(8-13)11(16)9-3-4-10(18-2)19-9/h3-4H,5-8H2,1-2H3/t13-/m1/s1. The molecule has 0 aromatic carbocycles. The lowest BCUT2D eigenvalue weighted by atomic mass is 10.0. The summed E-state index contributed by atoms with van der Waals surface area (Å²) in [5.41, 5.74) is -0.571. The van der Waals surface area contributed by atoms with E-state index in [-0.39, 0.29) is 17.8 Å². The third kappa shape index (κ3) is 1.99. The molecule has 0 bridgehead atoms. The number of nitrogens with zero attached hydrogens (tertiary/aromatic N) is 2. The molecule has 1 aromatic rings. The topological polar surface area (TPSA) is 72.2 Å². The molecule has 1 spiro atoms. The van der Waals surface area contributed by atoms with Crippen molar-refractivity contribution in [1.29, 1.82) is 0 Å². The van der Waals surface area contributed by atoms with E-state index in [9.17, 15) is 9.59 Å². The summed E-state index contributed by atoms with van der Waals surface area (Å²) in [5.74, 6) is 0.321. The Kier molecular flexibility index (Phi) is 2.84. The Balaban J connectivity index is 1.71. The molecule has 0 radical (unpaired) electrons. The average Bonchev–Trinajstić information content (AvgIpc) is 3.10. The smallest absolute Gasteiger partial charge is 0.410 e. The molecule has 2 aliphatic heterocycles. The highest BCUT2D eigenvalue weighted by Gasteiger charge is 2.49. The quantitative estimate of drug-likeness (QED) is 0.806. The van der Waals surface area contributed by atoms with E-state index in [1.807, 2.05) is 0 Å². The Morgan fingerprint density at radius 1 is 1.40 bits per heavy atom. The van der Waals surface area contributed by atoms with Gasteiger partial charge < -0.3 is 23.7 Å². The number of ether oxygens (including phenoxy) is 2. The van der Waals surface area contributed by atoms with Crippen LogP contribution in [-0.4, -0.2) is 61.2 Å². The molecule has 0 N–H and O–H groups in total. The van der Waals surface area contributed by atoms with Gasteiger partial charge in [0.05, 0.1) is 20.2 Å². The number of amides is 2. The molecule has 7 heteroatoms. The summed E-state index contributed by atoms with van der Waals surface area (Å²) < 4.78 is 15.6. The molecule has 1 aromatic heterocycles. The van der Waals surface area contributed by atoms with E-state index < -0.39 is 5.60 Å². The van der Waals surface area contributed by atoms with E-state index in [0.717, 1.165) is 0 Å². The Morgan fingerprint density at radius 2 is 2.20 bits per heavy atom. The zero-order valence-electron chi connectivity index (χ0n) is 11.4. The number of furan rings is 1. The van der Waals surface area contributed by atoms with Gasteiger partial charge in [-0.05, 0) is 6.07 Å². The molecule has 2 saturated heterocycles. The minimum Gasteiger partial charge on any atom is -0.468 e. The van der Waals surface area contributed by atoms with E-state index in [1.165, 1.54) is 12.0 Å². The van der Waals surface area contributed by atoms with Crippen LogP contribution < -0.4 is 4.74 Å². The second-order valence-electron chi connectivity index (χ2n) is 5.21. The second kappa shape index (κ2) is 4.43. The number of carbonyl (C=O) groups excluding carboxylic acids is 2. The van der Waals surface area contributed by atoms with Crippen LogP contribution >= 0.6 is 0 Å². The number of likely N-dealkylation sites (tertiary alicyclic amines) is 1. The summed E-state index contributed by atoms with van der Waals surface area (Å²) in [6, 6.07) is 3.18. The fourth-order valence-electron chi connectivity index (χ4n) is 2.72. The summed E-state index contributed by atoms with van der Waals surface area (Å²) in [5, 5.41) is 0. The highest BCUT2D eigenvalue weighted by molar-refractivity contribution is 5.92. The summed E-state index contributed by atoms with van der Waals surface area (Å²) in [6.07, 6.45) is 0.311. The van der Waals surface area contributed by atoms with Crippen molar-refractivity contribution in [3.05, 3.63) is 17.9 Å². The maximum atomic E-state index is 12.3. The van der Waals surface area contributed by atoms with Gasteiger partial charge in [0.25, 0.3) is 11.9 Å². The van der Waals surface area contributed by atoms with Gasteiger partial charge >= 0.3 is 6.09 Å². The molecule has 7 nitrogen and oxygen atoms in total. The summed E-state index contributed by atoms with van der Waals surface area (Å²) in [4.78, 5) is 27.0. The van der Waals surface area contributed by atoms with Crippen LogP contribution in [0.1, 0.15) is 17.0 Å². The largest absolute Gasteiger partial charge is 0.468 e. The molecule has 0 aliphatic carbocycles. The summed E-state index contributed by atoms with van der Waals surface area (Å²) in [6.45, 7) is 1.45. The van der Waals surface area contributed by atoms with E-state index in [2.05, 4.69) is 0 Å². The first-order valence-corrected chi connectivity index (χ1v) is 6.40. The van der Waals surface area contributed by atoms with Crippen LogP contribution in [0.2, 0.25) is 0 Å². The highest BCUT2D eigenvalue weighted by Crippen LogP contribution is 2.32. The molecule has 2 aliphatic rings. The average molecular weight is 280 g/mol. The van der Waals surface area contributed by atoms with Crippen molar-refractivity contribution in [3.8, 4) is 5.95 Å². The van der Waals surface area contributed by atoms with Crippen molar-refractivity contribution in [3.63, 3.8) is 0 Å². The zero-order valence-corrected chi connectivity index (χ0v) is 11.4. The van der Waals surface area contributed by atoms with Crippen molar-refractivity contribution in [2.45, 2.75) is 12.0 Å². The van der Waals surface area contributed by atoms with Crippen molar-refractivity contribution in [1.82, 2.24) is 9.80 Å². The molecule has 0 unspecified atom stereocenters. The molecule has 0 saturated carbocycles. The van der Waals surface area contributed by atoms with Crippen LogP contribution in [0, 0.1) is 0 Å². The second-order valence-corrected chi connectivity index (χ2v) is 5.21. The van der Waals surface area contributed by atoms with Crippen molar-refractivity contribution >= 4 is 12.0 Å². The number of methoxy groups -OCH3 is 1. The van der Waals surface area contributed by atoms with Gasteiger partial charge in [-0.3, -0.25) is 4.79 Å². The maximum absolute atomic E-state index is 12.3. The van der Waals surface area contributed by atoms with Crippen molar-refractivity contribution in [2.75, 3.05) is 33.8 Å². The fourth-order valence-corrected chi connectivity index (χ4v) is 2.72. The van der Waals surface area contributed by atoms with Gasteiger partial charge in [-0.25, -0.2) is 4.79 Å². The van der Waals surface area contributed by atoms with E-state index in [4.69, 9.17) is 13.9 Å². The predicted octanol–water partition coefficient (Wildman–Crippen LogP) is 0.955. The van der Waals surface area contributed by atoms with Crippen molar-refractivity contribution < 1.29 is 23.5 Å². The van der Waals surface area contributed by atoms with Gasteiger partial charge in [-0.15, -0.1) is 0 Å². The van der Waals surface area contributed by atoms with Crippen LogP contribution in [0.4, 0.5) is 4.79 Å². The van der Waals surface area contributed by atoms with Gasteiger partial charge in [-0.2, -0.15) is 0 Å². The van der Waals surface area contributed by atoms with Crippen LogP contribution in [0.3, 0.4) is 0 Å². The monoisotopic (exact) mass is 280 g/mol. The molecule has 20 heavy (non-hydrogen) atoms. The molecule has 2 fully saturated rings. The van der Waals surface area contributed by atoms with E-state index in [1.54, 1.807) is 24.1 Å². The first-order valence-electron chi connectivity index (χ1n) is 6.40. The lowest BCUT2D eigenvalue weighted by Crippen LogP contribution is -2.39. The van der Waals surface area contributed by atoms with Crippen molar-refractivity contribution in [2.24, 2.45) is 0 Å². The Labute approximate surface area is 116 Å². The minimum atomic E-state index is -0.571. The SMILES string of the molecule is COc1ccc(C(=O)N2CC[C@@]3(CN(C)C(=O)O3)C2)o1. The summed E-state index contributed by atoms with van der Waals surface area (Å²) >= 11 is 0. The molecular weight excluding hydrogens is 264 g/mol.